The molecule has 1 atom stereocenters. The highest BCUT2D eigenvalue weighted by molar-refractivity contribution is 7.91. The van der Waals surface area contributed by atoms with Crippen molar-refractivity contribution in [1.82, 2.24) is 15.1 Å². The lowest BCUT2D eigenvalue weighted by molar-refractivity contribution is -0.140. The van der Waals surface area contributed by atoms with Gasteiger partial charge >= 0.3 is 12.2 Å². The Morgan fingerprint density at radius 3 is 2.38 bits per heavy atom. The van der Waals surface area contributed by atoms with Crippen LogP contribution in [0.15, 0.2) is 12.1 Å². The molecule has 2 aliphatic heterocycles. The third-order valence-corrected chi connectivity index (χ3v) is 8.25. The molecule has 29 heavy (non-hydrogen) atoms. The van der Waals surface area contributed by atoms with E-state index < -0.39 is 32.9 Å². The molecule has 2 aliphatic rings. The first-order chi connectivity index (χ1) is 13.5. The summed E-state index contributed by atoms with van der Waals surface area (Å²) in [5.41, 5.74) is 0. The average molecular weight is 454 g/mol. The maximum atomic E-state index is 13.1. The lowest BCUT2D eigenvalue weighted by Crippen LogP contribution is -2.55. The second-order valence-electron chi connectivity index (χ2n) is 7.17. The zero-order valence-corrected chi connectivity index (χ0v) is 17.4. The van der Waals surface area contributed by atoms with Gasteiger partial charge in [-0.2, -0.15) is 13.2 Å². The number of carbonyl (C=O) groups excluding carboxylic acids is 2. The molecule has 12 heteroatoms. The Labute approximate surface area is 170 Å². The smallest absolute Gasteiger partial charge is 0.341 e. The molecule has 2 saturated heterocycles. The Morgan fingerprint density at radius 1 is 1.17 bits per heavy atom. The van der Waals surface area contributed by atoms with Gasteiger partial charge in [-0.3, -0.25) is 4.79 Å². The topological polar surface area (TPSA) is 86.8 Å². The van der Waals surface area contributed by atoms with Crippen LogP contribution in [0.3, 0.4) is 0 Å². The Kier molecular flexibility index (Phi) is 6.13. The van der Waals surface area contributed by atoms with E-state index in [0.29, 0.717) is 16.2 Å². The summed E-state index contributed by atoms with van der Waals surface area (Å²) in [6.07, 6.45) is -4.06. The summed E-state index contributed by atoms with van der Waals surface area (Å²) in [6, 6.07) is 1.26. The maximum absolute atomic E-state index is 13.1. The summed E-state index contributed by atoms with van der Waals surface area (Å²) in [4.78, 5) is 27.7. The van der Waals surface area contributed by atoms with Gasteiger partial charge in [0.25, 0.3) is 0 Å². The van der Waals surface area contributed by atoms with Crippen molar-refractivity contribution in [3.05, 3.63) is 21.9 Å². The van der Waals surface area contributed by atoms with E-state index in [4.69, 9.17) is 0 Å². The molecule has 0 aliphatic carbocycles. The fraction of sp³-hybridized carbons (Fsp3) is 0.647. The van der Waals surface area contributed by atoms with E-state index in [-0.39, 0.29) is 55.9 Å². The monoisotopic (exact) mass is 453 g/mol. The molecular weight excluding hydrogens is 431 g/mol. The van der Waals surface area contributed by atoms with Gasteiger partial charge < -0.3 is 15.1 Å². The normalized spacial score (nSPS) is 23.1. The van der Waals surface area contributed by atoms with Crippen LogP contribution in [-0.2, 0) is 20.8 Å². The van der Waals surface area contributed by atoms with Crippen LogP contribution in [0.5, 0.6) is 0 Å². The first-order valence-electron chi connectivity index (χ1n) is 9.16. The molecule has 0 aromatic carbocycles. The molecule has 1 N–H and O–H groups in total. The van der Waals surface area contributed by atoms with Crippen molar-refractivity contribution in [3.63, 3.8) is 0 Å². The number of hydrogen-bond acceptors (Lipinski definition) is 5. The maximum Gasteiger partial charge on any atom is 0.425 e. The minimum atomic E-state index is -4.48. The predicted octanol–water partition coefficient (Wildman–Crippen LogP) is 2.12. The fourth-order valence-electron chi connectivity index (χ4n) is 3.69. The van der Waals surface area contributed by atoms with E-state index >= 15 is 0 Å². The van der Waals surface area contributed by atoms with Gasteiger partial charge in [-0.05, 0) is 25.0 Å². The van der Waals surface area contributed by atoms with Gasteiger partial charge in [0, 0.05) is 37.5 Å². The lowest BCUT2D eigenvalue weighted by atomic mass is 9.98. The Bertz CT molecular complexity index is 871. The number of alkyl halides is 3. The number of thiophene rings is 1. The zero-order valence-electron chi connectivity index (χ0n) is 15.7. The molecule has 1 aromatic heterocycles. The molecule has 2 fully saturated rings. The van der Waals surface area contributed by atoms with Crippen LogP contribution in [0.4, 0.5) is 18.0 Å². The minimum absolute atomic E-state index is 0.0660. The summed E-state index contributed by atoms with van der Waals surface area (Å²) >= 11 is 0.562. The number of nitrogens with one attached hydrogen (secondary N) is 1. The highest BCUT2D eigenvalue weighted by Crippen LogP contribution is 2.39. The van der Waals surface area contributed by atoms with Gasteiger partial charge in [-0.25, -0.2) is 13.2 Å². The Hall–Kier alpha value is -1.82. The summed E-state index contributed by atoms with van der Waals surface area (Å²) in [7, 11) is -1.67. The van der Waals surface area contributed by atoms with Crippen LogP contribution in [0.2, 0.25) is 0 Å². The molecule has 0 radical (unpaired) electrons. The van der Waals surface area contributed by atoms with Crippen LogP contribution < -0.4 is 5.32 Å². The SMILES string of the molecule is CNC(=O)N1CCN(C(=O)C2CCS(=O)(=O)CC2)C(c2ccc(C(F)(F)F)s2)C1. The number of piperazine rings is 1. The Morgan fingerprint density at radius 2 is 1.83 bits per heavy atom. The summed E-state index contributed by atoms with van der Waals surface area (Å²) in [5.74, 6) is -0.870. The molecule has 1 aromatic rings. The molecular formula is C17H22F3N3O4S2. The number of nitrogens with zero attached hydrogens (tertiary/aromatic N) is 2. The standard InChI is InChI=1S/C17H22F3N3O4S2/c1-21-16(25)22-6-7-23(15(24)11-4-8-29(26,27)9-5-11)12(10-22)13-2-3-14(28-13)17(18,19)20/h2-3,11-12H,4-10H2,1H3,(H,21,25). The summed E-state index contributed by atoms with van der Waals surface area (Å²) in [5, 5.41) is 2.49. The first-order valence-corrected chi connectivity index (χ1v) is 11.8. The molecule has 0 saturated carbocycles. The Balaban J connectivity index is 1.85. The van der Waals surface area contributed by atoms with Crippen molar-refractivity contribution in [3.8, 4) is 0 Å². The number of urea groups is 1. The molecule has 3 rings (SSSR count). The van der Waals surface area contributed by atoms with E-state index in [1.807, 2.05) is 0 Å². The third-order valence-electron chi connectivity index (χ3n) is 5.30. The average Bonchev–Trinajstić information content (AvgIpc) is 3.17. The second-order valence-corrected chi connectivity index (χ2v) is 10.6. The molecule has 162 valence electrons. The lowest BCUT2D eigenvalue weighted by Gasteiger charge is -2.42. The highest BCUT2D eigenvalue weighted by Gasteiger charge is 2.40. The van der Waals surface area contributed by atoms with Gasteiger partial charge in [-0.15, -0.1) is 11.3 Å². The predicted molar refractivity (Wildman–Crippen MR) is 101 cm³/mol. The molecule has 0 spiro atoms. The fourth-order valence-corrected chi connectivity index (χ4v) is 6.16. The molecule has 1 unspecified atom stereocenters. The molecule has 3 amide bonds. The number of sulfone groups is 1. The van der Waals surface area contributed by atoms with Crippen molar-refractivity contribution in [2.45, 2.75) is 25.1 Å². The molecule has 0 bridgehead atoms. The van der Waals surface area contributed by atoms with Crippen LogP contribution in [0.1, 0.15) is 28.6 Å². The van der Waals surface area contributed by atoms with Gasteiger partial charge in [-0.1, -0.05) is 0 Å². The van der Waals surface area contributed by atoms with Crippen molar-refractivity contribution in [2.75, 3.05) is 38.2 Å². The number of hydrogen-bond donors (Lipinski definition) is 1. The number of halogens is 3. The highest BCUT2D eigenvalue weighted by atomic mass is 32.2. The van der Waals surface area contributed by atoms with Crippen molar-refractivity contribution >= 4 is 33.1 Å². The van der Waals surface area contributed by atoms with Crippen LogP contribution in [-0.4, -0.2) is 68.3 Å². The summed E-state index contributed by atoms with van der Waals surface area (Å²) < 4.78 is 62.4. The van der Waals surface area contributed by atoms with Crippen molar-refractivity contribution in [2.24, 2.45) is 5.92 Å². The number of rotatable bonds is 2. The largest absolute Gasteiger partial charge is 0.425 e. The van der Waals surface area contributed by atoms with E-state index in [1.54, 1.807) is 0 Å². The minimum Gasteiger partial charge on any atom is -0.341 e. The van der Waals surface area contributed by atoms with Crippen LogP contribution >= 0.6 is 11.3 Å². The van der Waals surface area contributed by atoms with Crippen LogP contribution in [0.25, 0.3) is 0 Å². The van der Waals surface area contributed by atoms with Gasteiger partial charge in [0.05, 0.1) is 17.5 Å². The van der Waals surface area contributed by atoms with E-state index in [1.165, 1.54) is 22.9 Å². The van der Waals surface area contributed by atoms with Gasteiger partial charge in [0.15, 0.2) is 0 Å². The summed E-state index contributed by atoms with van der Waals surface area (Å²) in [6.45, 7) is 0.512. The van der Waals surface area contributed by atoms with Gasteiger partial charge in [0.1, 0.15) is 14.7 Å². The third kappa shape index (κ3) is 4.85. The van der Waals surface area contributed by atoms with Crippen LogP contribution in [0, 0.1) is 5.92 Å². The molecule has 7 nitrogen and oxygen atoms in total. The molecule has 3 heterocycles. The van der Waals surface area contributed by atoms with E-state index in [9.17, 15) is 31.2 Å². The number of amides is 3. The van der Waals surface area contributed by atoms with E-state index in [2.05, 4.69) is 5.32 Å². The van der Waals surface area contributed by atoms with E-state index in [0.717, 1.165) is 6.07 Å². The first kappa shape index (κ1) is 21.9. The zero-order chi connectivity index (χ0) is 21.4. The van der Waals surface area contributed by atoms with Gasteiger partial charge in [0.2, 0.25) is 5.91 Å². The van der Waals surface area contributed by atoms with Crippen molar-refractivity contribution < 1.29 is 31.2 Å². The second kappa shape index (κ2) is 8.13. The number of carbonyl (C=O) groups is 2. The quantitative estimate of drug-likeness (QED) is 0.743. The van der Waals surface area contributed by atoms with Crippen molar-refractivity contribution in [1.29, 1.82) is 0 Å².